The van der Waals surface area contributed by atoms with Crippen LogP contribution in [0, 0.1) is 0 Å². The number of carbonyl (C=O) groups is 2. The number of ether oxygens (including phenoxy) is 2. The topological polar surface area (TPSA) is 67.9 Å². The molecule has 0 unspecified atom stereocenters. The maximum Gasteiger partial charge on any atom is 0.223 e. The third-order valence-corrected chi connectivity index (χ3v) is 4.36. The number of aryl methyl sites for hydroxylation is 1. The molecule has 0 aromatic heterocycles. The summed E-state index contributed by atoms with van der Waals surface area (Å²) in [6.45, 7) is 4.68. The van der Waals surface area contributed by atoms with E-state index in [1.807, 2.05) is 55.5 Å². The van der Waals surface area contributed by atoms with Crippen molar-refractivity contribution in [3.05, 3.63) is 54.1 Å². The van der Waals surface area contributed by atoms with E-state index in [1.165, 1.54) is 6.92 Å². The van der Waals surface area contributed by atoms with Gasteiger partial charge in [0, 0.05) is 25.6 Å². The van der Waals surface area contributed by atoms with E-state index < -0.39 is 0 Å². The Morgan fingerprint density at radius 3 is 2.36 bits per heavy atom. The van der Waals surface area contributed by atoms with Crippen molar-refractivity contribution in [1.82, 2.24) is 5.32 Å². The van der Waals surface area contributed by atoms with Crippen LogP contribution < -0.4 is 19.7 Å². The van der Waals surface area contributed by atoms with Crippen LogP contribution in [0.5, 0.6) is 11.5 Å². The van der Waals surface area contributed by atoms with Crippen LogP contribution in [0.1, 0.15) is 25.8 Å². The molecule has 0 spiro atoms. The first-order chi connectivity index (χ1) is 13.5. The summed E-state index contributed by atoms with van der Waals surface area (Å²) in [6, 6.07) is 15.0. The van der Waals surface area contributed by atoms with Crippen LogP contribution in [0.2, 0.25) is 0 Å². The van der Waals surface area contributed by atoms with Crippen LogP contribution in [0.4, 0.5) is 5.69 Å². The summed E-state index contributed by atoms with van der Waals surface area (Å²) in [5.41, 5.74) is 1.96. The highest BCUT2D eigenvalue weighted by molar-refractivity contribution is 5.93. The predicted molar refractivity (Wildman–Crippen MR) is 110 cm³/mol. The number of nitrogens with zero attached hydrogens (tertiary/aromatic N) is 1. The van der Waals surface area contributed by atoms with Gasteiger partial charge in [0.2, 0.25) is 11.8 Å². The van der Waals surface area contributed by atoms with Gasteiger partial charge < -0.3 is 19.7 Å². The summed E-state index contributed by atoms with van der Waals surface area (Å²) in [5, 5.41) is 2.82. The third-order valence-electron chi connectivity index (χ3n) is 4.36. The summed E-state index contributed by atoms with van der Waals surface area (Å²) in [5.74, 6) is 1.30. The van der Waals surface area contributed by atoms with Crippen LogP contribution in [-0.4, -0.2) is 38.6 Å². The van der Waals surface area contributed by atoms with E-state index in [4.69, 9.17) is 9.47 Å². The van der Waals surface area contributed by atoms with E-state index in [0.29, 0.717) is 25.4 Å². The van der Waals surface area contributed by atoms with Crippen LogP contribution in [0.3, 0.4) is 0 Å². The van der Waals surface area contributed by atoms with Crippen LogP contribution in [0.15, 0.2) is 48.5 Å². The first kappa shape index (κ1) is 21.3. The highest BCUT2D eigenvalue weighted by Crippen LogP contribution is 2.21. The first-order valence-electron chi connectivity index (χ1n) is 9.44. The Morgan fingerprint density at radius 2 is 1.71 bits per heavy atom. The molecule has 28 heavy (non-hydrogen) atoms. The third kappa shape index (κ3) is 6.30. The number of hydrogen-bond donors (Lipinski definition) is 1. The van der Waals surface area contributed by atoms with Gasteiger partial charge in [0.15, 0.2) is 0 Å². The van der Waals surface area contributed by atoms with E-state index in [2.05, 4.69) is 5.32 Å². The van der Waals surface area contributed by atoms with Gasteiger partial charge >= 0.3 is 0 Å². The molecule has 2 aromatic rings. The zero-order chi connectivity index (χ0) is 20.4. The van der Waals surface area contributed by atoms with Crippen molar-refractivity contribution in [2.45, 2.75) is 26.7 Å². The Morgan fingerprint density at radius 1 is 1.04 bits per heavy atom. The minimum atomic E-state index is -0.112. The molecule has 0 bridgehead atoms. The summed E-state index contributed by atoms with van der Waals surface area (Å²) in [4.78, 5) is 25.8. The molecule has 0 atom stereocenters. The number of benzene rings is 2. The van der Waals surface area contributed by atoms with Crippen molar-refractivity contribution in [3.63, 3.8) is 0 Å². The summed E-state index contributed by atoms with van der Waals surface area (Å²) < 4.78 is 10.7. The lowest BCUT2D eigenvalue weighted by molar-refractivity contribution is -0.121. The number of anilines is 1. The Bertz CT molecular complexity index is 774. The van der Waals surface area contributed by atoms with Gasteiger partial charge in [-0.25, -0.2) is 0 Å². The number of para-hydroxylation sites is 1. The van der Waals surface area contributed by atoms with Gasteiger partial charge in [-0.05, 0) is 42.3 Å². The minimum Gasteiger partial charge on any atom is -0.497 e. The molecule has 0 fully saturated rings. The number of amides is 2. The highest BCUT2D eigenvalue weighted by Gasteiger charge is 2.15. The molecule has 2 rings (SSSR count). The summed E-state index contributed by atoms with van der Waals surface area (Å²) >= 11 is 0. The van der Waals surface area contributed by atoms with Crippen molar-refractivity contribution in [3.8, 4) is 11.5 Å². The minimum absolute atomic E-state index is 0.0726. The molecule has 2 amide bonds. The zero-order valence-electron chi connectivity index (χ0n) is 16.7. The molecule has 0 aliphatic heterocycles. The summed E-state index contributed by atoms with van der Waals surface area (Å²) in [6.07, 6.45) is 1.06. The Hall–Kier alpha value is -3.02. The number of carbonyl (C=O) groups excluding carboxylic acids is 2. The second-order valence-electron chi connectivity index (χ2n) is 6.28. The number of hydrogen-bond acceptors (Lipinski definition) is 4. The standard InChI is InChI=1S/C22H28N2O4/c1-4-18-7-5-6-8-21(18)24(17(2)25)15-13-22(26)23-14-16-28-20-11-9-19(27-3)10-12-20/h5-12H,4,13-16H2,1-3H3,(H,23,26). The lowest BCUT2D eigenvalue weighted by atomic mass is 10.1. The molecule has 0 aliphatic carbocycles. The average Bonchev–Trinajstić information content (AvgIpc) is 2.72. The molecule has 6 nitrogen and oxygen atoms in total. The van der Waals surface area contributed by atoms with E-state index in [9.17, 15) is 9.59 Å². The molecule has 150 valence electrons. The van der Waals surface area contributed by atoms with E-state index in [1.54, 1.807) is 12.0 Å². The molecular weight excluding hydrogens is 356 g/mol. The van der Waals surface area contributed by atoms with Crippen molar-refractivity contribution in [2.75, 3.05) is 31.7 Å². The van der Waals surface area contributed by atoms with Gasteiger partial charge in [-0.1, -0.05) is 25.1 Å². The molecule has 0 saturated carbocycles. The Balaban J connectivity index is 1.77. The largest absolute Gasteiger partial charge is 0.497 e. The average molecular weight is 384 g/mol. The molecule has 2 aromatic carbocycles. The normalized spacial score (nSPS) is 10.2. The van der Waals surface area contributed by atoms with Gasteiger partial charge in [0.05, 0.1) is 13.7 Å². The van der Waals surface area contributed by atoms with Gasteiger partial charge in [0.1, 0.15) is 18.1 Å². The lowest BCUT2D eigenvalue weighted by Crippen LogP contribution is -2.35. The fraction of sp³-hybridized carbons (Fsp3) is 0.364. The fourth-order valence-corrected chi connectivity index (χ4v) is 2.85. The molecule has 0 radical (unpaired) electrons. The second kappa shape index (κ2) is 11.0. The van der Waals surface area contributed by atoms with Crippen LogP contribution in [0.25, 0.3) is 0 Å². The predicted octanol–water partition coefficient (Wildman–Crippen LogP) is 3.20. The SMILES string of the molecule is CCc1ccccc1N(CCC(=O)NCCOc1ccc(OC)cc1)C(C)=O. The number of methoxy groups -OCH3 is 1. The van der Waals surface area contributed by atoms with Crippen LogP contribution >= 0.6 is 0 Å². The molecule has 0 saturated heterocycles. The van der Waals surface area contributed by atoms with Crippen molar-refractivity contribution >= 4 is 17.5 Å². The quantitative estimate of drug-likeness (QED) is 0.639. The maximum absolute atomic E-state index is 12.1. The monoisotopic (exact) mass is 384 g/mol. The highest BCUT2D eigenvalue weighted by atomic mass is 16.5. The molecule has 6 heteroatoms. The Kier molecular flexibility index (Phi) is 8.34. The van der Waals surface area contributed by atoms with Crippen molar-refractivity contribution in [2.24, 2.45) is 0 Å². The molecule has 0 heterocycles. The lowest BCUT2D eigenvalue weighted by Gasteiger charge is -2.23. The Labute approximate surface area is 166 Å². The number of rotatable bonds is 10. The van der Waals surface area contributed by atoms with E-state index in [0.717, 1.165) is 23.4 Å². The van der Waals surface area contributed by atoms with E-state index >= 15 is 0 Å². The fourth-order valence-electron chi connectivity index (χ4n) is 2.85. The van der Waals surface area contributed by atoms with Crippen LogP contribution in [-0.2, 0) is 16.0 Å². The smallest absolute Gasteiger partial charge is 0.223 e. The van der Waals surface area contributed by atoms with Crippen molar-refractivity contribution in [1.29, 1.82) is 0 Å². The van der Waals surface area contributed by atoms with Gasteiger partial charge in [-0.15, -0.1) is 0 Å². The van der Waals surface area contributed by atoms with Gasteiger partial charge in [-0.2, -0.15) is 0 Å². The van der Waals surface area contributed by atoms with Gasteiger partial charge in [0.25, 0.3) is 0 Å². The maximum atomic E-state index is 12.1. The first-order valence-corrected chi connectivity index (χ1v) is 9.44. The van der Waals surface area contributed by atoms with Gasteiger partial charge in [-0.3, -0.25) is 9.59 Å². The second-order valence-corrected chi connectivity index (χ2v) is 6.28. The molecule has 0 aliphatic rings. The molecular formula is C22H28N2O4. The number of nitrogens with one attached hydrogen (secondary N) is 1. The van der Waals surface area contributed by atoms with Crippen molar-refractivity contribution < 1.29 is 19.1 Å². The summed E-state index contributed by atoms with van der Waals surface area (Å²) in [7, 11) is 1.61. The van der Waals surface area contributed by atoms with E-state index in [-0.39, 0.29) is 18.2 Å². The zero-order valence-corrected chi connectivity index (χ0v) is 16.7. The molecule has 1 N–H and O–H groups in total.